The molecule has 0 heterocycles. The number of ether oxygens (including phenoxy) is 1. The van der Waals surface area contributed by atoms with E-state index in [1.54, 1.807) is 0 Å². The standard InChI is InChI=1S/C11H14BrNO.ClH/c1-8-9(12)3-2-4-10(8)14-7-11(13)5-6-11;/h2-4H,5-7,13H2,1H3;1H. The second kappa shape index (κ2) is 4.73. The van der Waals surface area contributed by atoms with E-state index in [9.17, 15) is 0 Å². The van der Waals surface area contributed by atoms with Crippen LogP contribution in [-0.2, 0) is 0 Å². The van der Waals surface area contributed by atoms with Gasteiger partial charge in [-0.15, -0.1) is 12.4 Å². The molecule has 0 atom stereocenters. The van der Waals surface area contributed by atoms with Gasteiger partial charge < -0.3 is 10.5 Å². The van der Waals surface area contributed by atoms with Crippen molar-refractivity contribution in [1.29, 1.82) is 0 Å². The van der Waals surface area contributed by atoms with Gasteiger partial charge in [-0.1, -0.05) is 22.0 Å². The summed E-state index contributed by atoms with van der Waals surface area (Å²) < 4.78 is 6.77. The van der Waals surface area contributed by atoms with Gasteiger partial charge in [-0.3, -0.25) is 0 Å². The van der Waals surface area contributed by atoms with Crippen molar-refractivity contribution in [3.05, 3.63) is 28.2 Å². The summed E-state index contributed by atoms with van der Waals surface area (Å²) in [7, 11) is 0. The highest BCUT2D eigenvalue weighted by atomic mass is 79.9. The second-order valence-corrected chi connectivity index (χ2v) is 4.87. The Morgan fingerprint density at radius 2 is 2.13 bits per heavy atom. The molecule has 0 radical (unpaired) electrons. The van der Waals surface area contributed by atoms with Gasteiger partial charge >= 0.3 is 0 Å². The molecular weight excluding hydrogens is 277 g/mol. The lowest BCUT2D eigenvalue weighted by Gasteiger charge is -2.13. The molecule has 1 aromatic rings. The van der Waals surface area contributed by atoms with Crippen LogP contribution in [-0.4, -0.2) is 12.1 Å². The van der Waals surface area contributed by atoms with E-state index in [-0.39, 0.29) is 17.9 Å². The van der Waals surface area contributed by atoms with Crippen LogP contribution < -0.4 is 10.5 Å². The number of nitrogens with two attached hydrogens (primary N) is 1. The Balaban J connectivity index is 0.00000112. The molecule has 0 bridgehead atoms. The largest absolute Gasteiger partial charge is 0.491 e. The van der Waals surface area contributed by atoms with Crippen LogP contribution in [0, 0.1) is 6.92 Å². The van der Waals surface area contributed by atoms with E-state index >= 15 is 0 Å². The lowest BCUT2D eigenvalue weighted by Crippen LogP contribution is -2.29. The molecule has 1 aliphatic rings. The van der Waals surface area contributed by atoms with Crippen LogP contribution in [0.5, 0.6) is 5.75 Å². The summed E-state index contributed by atoms with van der Waals surface area (Å²) in [6.07, 6.45) is 2.17. The monoisotopic (exact) mass is 291 g/mol. The van der Waals surface area contributed by atoms with Crippen LogP contribution in [0.4, 0.5) is 0 Å². The minimum atomic E-state index is -0.0469. The summed E-state index contributed by atoms with van der Waals surface area (Å²) in [5.74, 6) is 0.927. The summed E-state index contributed by atoms with van der Waals surface area (Å²) in [6.45, 7) is 2.67. The van der Waals surface area contributed by atoms with E-state index in [0.29, 0.717) is 6.61 Å². The minimum Gasteiger partial charge on any atom is -0.491 e. The zero-order valence-electron chi connectivity index (χ0n) is 8.63. The molecule has 2 rings (SSSR count). The molecule has 1 fully saturated rings. The summed E-state index contributed by atoms with van der Waals surface area (Å²) in [5.41, 5.74) is 7.03. The first-order valence-corrected chi connectivity index (χ1v) is 5.57. The van der Waals surface area contributed by atoms with Crippen molar-refractivity contribution in [2.75, 3.05) is 6.61 Å². The second-order valence-electron chi connectivity index (χ2n) is 4.01. The van der Waals surface area contributed by atoms with E-state index in [1.807, 2.05) is 25.1 Å². The molecule has 84 valence electrons. The SMILES string of the molecule is Cc1c(Br)cccc1OCC1(N)CC1.Cl. The van der Waals surface area contributed by atoms with Crippen molar-refractivity contribution in [1.82, 2.24) is 0 Å². The molecule has 1 saturated carbocycles. The number of benzene rings is 1. The van der Waals surface area contributed by atoms with E-state index in [2.05, 4.69) is 15.9 Å². The van der Waals surface area contributed by atoms with Gasteiger partial charge in [-0.2, -0.15) is 0 Å². The van der Waals surface area contributed by atoms with Crippen molar-refractivity contribution in [2.24, 2.45) is 5.73 Å². The van der Waals surface area contributed by atoms with Gasteiger partial charge in [0.25, 0.3) is 0 Å². The highest BCUT2D eigenvalue weighted by Gasteiger charge is 2.39. The Morgan fingerprint density at radius 1 is 1.47 bits per heavy atom. The van der Waals surface area contributed by atoms with Gasteiger partial charge in [0.2, 0.25) is 0 Å². The third-order valence-corrected chi connectivity index (χ3v) is 3.48. The lowest BCUT2D eigenvalue weighted by molar-refractivity contribution is 0.277. The maximum atomic E-state index is 5.95. The van der Waals surface area contributed by atoms with Gasteiger partial charge in [-0.25, -0.2) is 0 Å². The Kier molecular flexibility index (Phi) is 4.04. The molecular formula is C11H15BrClNO. The Bertz CT molecular complexity index is 352. The van der Waals surface area contributed by atoms with Crippen molar-refractivity contribution in [2.45, 2.75) is 25.3 Å². The predicted octanol–water partition coefficient (Wildman–Crippen LogP) is 3.05. The quantitative estimate of drug-likeness (QED) is 0.929. The van der Waals surface area contributed by atoms with Crippen LogP contribution >= 0.6 is 28.3 Å². The molecule has 0 saturated heterocycles. The Hall–Kier alpha value is -0.250. The number of hydrogen-bond acceptors (Lipinski definition) is 2. The fourth-order valence-electron chi connectivity index (χ4n) is 1.27. The maximum absolute atomic E-state index is 5.95. The van der Waals surface area contributed by atoms with Crippen molar-refractivity contribution in [3.63, 3.8) is 0 Å². The first kappa shape index (κ1) is 12.8. The number of halogens is 2. The molecule has 0 spiro atoms. The topological polar surface area (TPSA) is 35.2 Å². The summed E-state index contributed by atoms with van der Waals surface area (Å²) in [5, 5.41) is 0. The third-order valence-electron chi connectivity index (χ3n) is 2.63. The van der Waals surface area contributed by atoms with E-state index in [1.165, 1.54) is 0 Å². The average Bonchev–Trinajstić information content (AvgIpc) is 2.88. The highest BCUT2D eigenvalue weighted by Crippen LogP contribution is 2.34. The average molecular weight is 293 g/mol. The van der Waals surface area contributed by atoms with Crippen LogP contribution in [0.15, 0.2) is 22.7 Å². The Labute approximate surface area is 105 Å². The normalized spacial score (nSPS) is 16.7. The number of rotatable bonds is 3. The van der Waals surface area contributed by atoms with Crippen molar-refractivity contribution in [3.8, 4) is 5.75 Å². The molecule has 15 heavy (non-hydrogen) atoms. The first-order chi connectivity index (χ1) is 6.61. The molecule has 1 aromatic carbocycles. The van der Waals surface area contributed by atoms with Gasteiger partial charge in [0.05, 0.1) is 5.54 Å². The number of hydrogen-bond donors (Lipinski definition) is 1. The van der Waals surface area contributed by atoms with E-state index < -0.39 is 0 Å². The summed E-state index contributed by atoms with van der Waals surface area (Å²) in [6, 6.07) is 5.96. The molecule has 0 unspecified atom stereocenters. The van der Waals surface area contributed by atoms with Crippen LogP contribution in [0.3, 0.4) is 0 Å². The summed E-state index contributed by atoms with van der Waals surface area (Å²) in [4.78, 5) is 0. The van der Waals surface area contributed by atoms with Crippen LogP contribution in [0.25, 0.3) is 0 Å². The zero-order chi connectivity index (χ0) is 10.2. The minimum absolute atomic E-state index is 0. The van der Waals surface area contributed by atoms with Gasteiger partial charge in [0.1, 0.15) is 12.4 Å². The van der Waals surface area contributed by atoms with Gasteiger partial charge in [-0.05, 0) is 31.9 Å². The van der Waals surface area contributed by atoms with Gasteiger partial charge in [0, 0.05) is 10.0 Å². The highest BCUT2D eigenvalue weighted by molar-refractivity contribution is 9.10. The summed E-state index contributed by atoms with van der Waals surface area (Å²) >= 11 is 3.47. The molecule has 4 heteroatoms. The molecule has 0 aromatic heterocycles. The molecule has 2 nitrogen and oxygen atoms in total. The predicted molar refractivity (Wildman–Crippen MR) is 67.8 cm³/mol. The molecule has 1 aliphatic carbocycles. The maximum Gasteiger partial charge on any atom is 0.123 e. The van der Waals surface area contributed by atoms with Crippen molar-refractivity contribution < 1.29 is 4.74 Å². The Morgan fingerprint density at radius 3 is 2.73 bits per heavy atom. The first-order valence-electron chi connectivity index (χ1n) is 4.78. The van der Waals surface area contributed by atoms with Crippen LogP contribution in [0.1, 0.15) is 18.4 Å². The molecule has 2 N–H and O–H groups in total. The smallest absolute Gasteiger partial charge is 0.123 e. The molecule has 0 aliphatic heterocycles. The fourth-order valence-corrected chi connectivity index (χ4v) is 1.62. The zero-order valence-corrected chi connectivity index (χ0v) is 11.0. The van der Waals surface area contributed by atoms with Crippen LogP contribution in [0.2, 0.25) is 0 Å². The lowest BCUT2D eigenvalue weighted by atomic mass is 10.2. The third kappa shape index (κ3) is 3.10. The molecule has 0 amide bonds. The van der Waals surface area contributed by atoms with Crippen molar-refractivity contribution >= 4 is 28.3 Å². The fraction of sp³-hybridized carbons (Fsp3) is 0.455. The van der Waals surface area contributed by atoms with Gasteiger partial charge in [0.15, 0.2) is 0 Å². The van der Waals surface area contributed by atoms with E-state index in [0.717, 1.165) is 28.6 Å². The van der Waals surface area contributed by atoms with E-state index in [4.69, 9.17) is 10.5 Å².